The summed E-state index contributed by atoms with van der Waals surface area (Å²) in [4.78, 5) is 24.3. The van der Waals surface area contributed by atoms with E-state index in [4.69, 9.17) is 9.72 Å². The zero-order chi connectivity index (χ0) is 21.8. The standard InChI is InChI=1S/C25H25N5O2/c31-24(28-21-10-6-14-26-25(21)29-15-17-32-18-16-29)13-12-23-27-20-9-4-5-11-22(20)30(23)19-7-2-1-3-8-19/h1-11,14H,12-13,15-18H2,(H,28,31). The number of nitrogens with zero attached hydrogens (tertiary/aromatic N) is 4. The highest BCUT2D eigenvalue weighted by Crippen LogP contribution is 2.25. The van der Waals surface area contributed by atoms with Crippen LogP contribution < -0.4 is 10.2 Å². The molecule has 7 nitrogen and oxygen atoms in total. The minimum Gasteiger partial charge on any atom is -0.378 e. The van der Waals surface area contributed by atoms with Crippen LogP contribution in [0, 0.1) is 0 Å². The van der Waals surface area contributed by atoms with Crippen LogP contribution in [-0.4, -0.2) is 46.7 Å². The van der Waals surface area contributed by atoms with Gasteiger partial charge < -0.3 is 15.0 Å². The molecule has 0 radical (unpaired) electrons. The number of carbonyl (C=O) groups is 1. The maximum absolute atomic E-state index is 12.9. The smallest absolute Gasteiger partial charge is 0.224 e. The maximum Gasteiger partial charge on any atom is 0.224 e. The highest BCUT2D eigenvalue weighted by molar-refractivity contribution is 5.93. The molecule has 0 saturated carbocycles. The quantitative estimate of drug-likeness (QED) is 0.506. The van der Waals surface area contributed by atoms with Crippen LogP contribution in [0.1, 0.15) is 12.2 Å². The number of imidazole rings is 1. The van der Waals surface area contributed by atoms with E-state index in [1.165, 1.54) is 0 Å². The molecule has 1 amide bonds. The first-order valence-corrected chi connectivity index (χ1v) is 10.9. The average Bonchev–Trinajstić information content (AvgIpc) is 3.23. The fraction of sp³-hybridized carbons (Fsp3) is 0.240. The van der Waals surface area contributed by atoms with Gasteiger partial charge >= 0.3 is 0 Å². The first-order valence-electron chi connectivity index (χ1n) is 10.9. The number of rotatable bonds is 6. The number of pyridine rings is 1. The third-order valence-corrected chi connectivity index (χ3v) is 5.59. The van der Waals surface area contributed by atoms with E-state index in [0.29, 0.717) is 26.1 Å². The van der Waals surface area contributed by atoms with Crippen LogP contribution in [0.4, 0.5) is 11.5 Å². The second kappa shape index (κ2) is 9.20. The number of hydrogen-bond acceptors (Lipinski definition) is 5. The van der Waals surface area contributed by atoms with E-state index in [1.54, 1.807) is 6.20 Å². The molecule has 5 rings (SSSR count). The first-order chi connectivity index (χ1) is 15.8. The number of benzene rings is 2. The highest BCUT2D eigenvalue weighted by atomic mass is 16.5. The maximum atomic E-state index is 12.9. The van der Waals surface area contributed by atoms with E-state index in [1.807, 2.05) is 48.5 Å². The molecule has 162 valence electrons. The molecule has 32 heavy (non-hydrogen) atoms. The Hall–Kier alpha value is -3.71. The van der Waals surface area contributed by atoms with Crippen molar-refractivity contribution in [2.75, 3.05) is 36.5 Å². The molecular formula is C25H25N5O2. The number of ether oxygens (including phenoxy) is 1. The Bertz CT molecular complexity index is 1220. The van der Waals surface area contributed by atoms with Crippen molar-refractivity contribution in [3.8, 4) is 5.69 Å². The van der Waals surface area contributed by atoms with E-state index >= 15 is 0 Å². The molecule has 3 heterocycles. The van der Waals surface area contributed by atoms with E-state index in [-0.39, 0.29) is 5.91 Å². The summed E-state index contributed by atoms with van der Waals surface area (Å²) in [6.07, 6.45) is 2.61. The lowest BCUT2D eigenvalue weighted by atomic mass is 10.2. The summed E-state index contributed by atoms with van der Waals surface area (Å²) in [7, 11) is 0. The zero-order valence-electron chi connectivity index (χ0n) is 17.8. The van der Waals surface area contributed by atoms with Gasteiger partial charge in [0.25, 0.3) is 0 Å². The van der Waals surface area contributed by atoms with Crippen molar-refractivity contribution in [3.63, 3.8) is 0 Å². The molecule has 1 aliphatic rings. The number of fused-ring (bicyclic) bond motifs is 1. The molecule has 0 aliphatic carbocycles. The van der Waals surface area contributed by atoms with Crippen LogP contribution >= 0.6 is 0 Å². The van der Waals surface area contributed by atoms with Gasteiger partial charge in [0.05, 0.1) is 29.9 Å². The molecule has 7 heteroatoms. The second-order valence-electron chi connectivity index (χ2n) is 7.71. The van der Waals surface area contributed by atoms with Gasteiger partial charge in [0.2, 0.25) is 5.91 Å². The van der Waals surface area contributed by atoms with Crippen molar-refractivity contribution < 1.29 is 9.53 Å². The third-order valence-electron chi connectivity index (χ3n) is 5.59. The van der Waals surface area contributed by atoms with Crippen LogP contribution in [0.2, 0.25) is 0 Å². The normalized spacial score (nSPS) is 13.9. The van der Waals surface area contributed by atoms with Gasteiger partial charge in [0.1, 0.15) is 5.82 Å². The Morgan fingerprint density at radius 1 is 0.969 bits per heavy atom. The molecule has 1 saturated heterocycles. The summed E-state index contributed by atoms with van der Waals surface area (Å²) in [5.74, 6) is 1.60. The molecule has 2 aromatic carbocycles. The zero-order valence-corrected chi connectivity index (χ0v) is 17.8. The van der Waals surface area contributed by atoms with E-state index in [0.717, 1.165) is 47.1 Å². The molecule has 0 atom stereocenters. The summed E-state index contributed by atoms with van der Waals surface area (Å²) in [5, 5.41) is 3.05. The number of para-hydroxylation sites is 3. The van der Waals surface area contributed by atoms with Gasteiger partial charge in [-0.1, -0.05) is 30.3 Å². The van der Waals surface area contributed by atoms with E-state index in [9.17, 15) is 4.79 Å². The van der Waals surface area contributed by atoms with Gasteiger partial charge in [-0.25, -0.2) is 9.97 Å². The summed E-state index contributed by atoms with van der Waals surface area (Å²) in [5.41, 5.74) is 3.74. The van der Waals surface area contributed by atoms with Crippen LogP contribution in [0.3, 0.4) is 0 Å². The average molecular weight is 428 g/mol. The number of aryl methyl sites for hydroxylation is 1. The molecule has 1 fully saturated rings. The van der Waals surface area contributed by atoms with Gasteiger partial charge in [-0.3, -0.25) is 9.36 Å². The number of anilines is 2. The van der Waals surface area contributed by atoms with Crippen molar-refractivity contribution in [3.05, 3.63) is 78.8 Å². The van der Waals surface area contributed by atoms with Gasteiger partial charge in [-0.05, 0) is 36.4 Å². The van der Waals surface area contributed by atoms with Crippen LogP contribution in [0.5, 0.6) is 0 Å². The molecule has 4 aromatic rings. The van der Waals surface area contributed by atoms with Gasteiger partial charge in [-0.2, -0.15) is 0 Å². The fourth-order valence-electron chi connectivity index (χ4n) is 4.07. The Kier molecular flexibility index (Phi) is 5.81. The summed E-state index contributed by atoms with van der Waals surface area (Å²) >= 11 is 0. The Morgan fingerprint density at radius 2 is 1.75 bits per heavy atom. The number of amides is 1. The first kappa shape index (κ1) is 20.2. The van der Waals surface area contributed by atoms with Crippen LogP contribution in [0.25, 0.3) is 16.7 Å². The SMILES string of the molecule is O=C(CCc1nc2ccccc2n1-c1ccccc1)Nc1cccnc1N1CCOCC1. The number of hydrogen-bond donors (Lipinski definition) is 1. The van der Waals surface area contributed by atoms with Gasteiger partial charge in [-0.15, -0.1) is 0 Å². The number of aromatic nitrogens is 3. The number of carbonyl (C=O) groups excluding carboxylic acids is 1. The molecule has 0 unspecified atom stereocenters. The molecule has 1 N–H and O–H groups in total. The van der Waals surface area contributed by atoms with Crippen molar-refractivity contribution in [2.24, 2.45) is 0 Å². The van der Waals surface area contributed by atoms with Crippen LogP contribution in [-0.2, 0) is 16.0 Å². The lowest BCUT2D eigenvalue weighted by molar-refractivity contribution is -0.116. The van der Waals surface area contributed by atoms with Gasteiger partial charge in [0.15, 0.2) is 5.82 Å². The Balaban J connectivity index is 1.34. The predicted molar refractivity (Wildman–Crippen MR) is 125 cm³/mol. The van der Waals surface area contributed by atoms with Crippen molar-refractivity contribution in [2.45, 2.75) is 12.8 Å². The molecule has 2 aromatic heterocycles. The predicted octanol–water partition coefficient (Wildman–Crippen LogP) is 3.83. The summed E-state index contributed by atoms with van der Waals surface area (Å²) < 4.78 is 7.57. The molecule has 1 aliphatic heterocycles. The van der Waals surface area contributed by atoms with Gasteiger partial charge in [0, 0.05) is 37.8 Å². The molecule has 0 spiro atoms. The minimum absolute atomic E-state index is 0.0563. The van der Waals surface area contributed by atoms with Crippen molar-refractivity contribution in [1.29, 1.82) is 0 Å². The van der Waals surface area contributed by atoms with Crippen molar-refractivity contribution in [1.82, 2.24) is 14.5 Å². The molecular weight excluding hydrogens is 402 g/mol. The largest absolute Gasteiger partial charge is 0.378 e. The lowest BCUT2D eigenvalue weighted by Gasteiger charge is -2.29. The monoisotopic (exact) mass is 427 g/mol. The third kappa shape index (κ3) is 4.20. The topological polar surface area (TPSA) is 72.3 Å². The number of nitrogens with one attached hydrogen (secondary N) is 1. The van der Waals surface area contributed by atoms with Crippen LogP contribution in [0.15, 0.2) is 72.9 Å². The fourth-order valence-corrected chi connectivity index (χ4v) is 4.07. The highest BCUT2D eigenvalue weighted by Gasteiger charge is 2.18. The Labute approximate surface area is 186 Å². The molecule has 0 bridgehead atoms. The number of morpholine rings is 1. The minimum atomic E-state index is -0.0563. The van der Waals surface area contributed by atoms with E-state index < -0.39 is 0 Å². The second-order valence-corrected chi connectivity index (χ2v) is 7.71. The Morgan fingerprint density at radius 3 is 2.59 bits per heavy atom. The lowest BCUT2D eigenvalue weighted by Crippen LogP contribution is -2.37. The summed E-state index contributed by atoms with van der Waals surface area (Å²) in [6.45, 7) is 2.86. The van der Waals surface area contributed by atoms with Crippen molar-refractivity contribution >= 4 is 28.4 Å². The van der Waals surface area contributed by atoms with E-state index in [2.05, 4.69) is 38.0 Å². The summed E-state index contributed by atoms with van der Waals surface area (Å²) in [6, 6.07) is 21.9.